The van der Waals surface area contributed by atoms with E-state index >= 15 is 0 Å². The van der Waals surface area contributed by atoms with Gasteiger partial charge in [-0.15, -0.1) is 11.8 Å². The van der Waals surface area contributed by atoms with Gasteiger partial charge in [0.05, 0.1) is 5.25 Å². The van der Waals surface area contributed by atoms with Crippen molar-refractivity contribution >= 4 is 52.1 Å². The van der Waals surface area contributed by atoms with Crippen LogP contribution in [0.3, 0.4) is 0 Å². The van der Waals surface area contributed by atoms with Gasteiger partial charge < -0.3 is 16.0 Å². The molecule has 3 aromatic carbocycles. The molecule has 1 unspecified atom stereocenters. The first-order valence-corrected chi connectivity index (χ1v) is 11.5. The van der Waals surface area contributed by atoms with E-state index in [1.807, 2.05) is 87.5 Å². The van der Waals surface area contributed by atoms with Gasteiger partial charge in [-0.05, 0) is 86.1 Å². The molecule has 160 valence electrons. The van der Waals surface area contributed by atoms with Crippen LogP contribution in [-0.4, -0.2) is 16.3 Å². The minimum atomic E-state index is -0.189. The molecule has 0 heterocycles. The molecule has 3 rings (SSSR count). The van der Waals surface area contributed by atoms with Crippen molar-refractivity contribution in [3.05, 3.63) is 83.9 Å². The summed E-state index contributed by atoms with van der Waals surface area (Å²) in [7, 11) is 0. The average molecular weight is 450 g/mol. The first kappa shape index (κ1) is 22.8. The van der Waals surface area contributed by atoms with Gasteiger partial charge in [0.2, 0.25) is 5.91 Å². The first-order chi connectivity index (χ1) is 14.9. The molecule has 1 amide bonds. The number of para-hydroxylation sites is 1. The van der Waals surface area contributed by atoms with Crippen LogP contribution in [0.15, 0.2) is 77.7 Å². The highest BCUT2D eigenvalue weighted by atomic mass is 32.2. The summed E-state index contributed by atoms with van der Waals surface area (Å²) < 4.78 is 0. The van der Waals surface area contributed by atoms with Gasteiger partial charge in [-0.25, -0.2) is 0 Å². The van der Waals surface area contributed by atoms with Crippen molar-refractivity contribution in [2.75, 3.05) is 16.0 Å². The minimum Gasteiger partial charge on any atom is -0.332 e. The Morgan fingerprint density at radius 1 is 0.839 bits per heavy atom. The second-order valence-electron chi connectivity index (χ2n) is 7.35. The SMILES string of the molecule is CCC(Sc1cccc(NC(=S)Nc2ccccc2)c1)C(=O)Nc1cc(C)cc(C)c1. The summed E-state index contributed by atoms with van der Waals surface area (Å²) in [4.78, 5) is 13.9. The minimum absolute atomic E-state index is 0.0112. The van der Waals surface area contributed by atoms with Crippen LogP contribution in [0, 0.1) is 13.8 Å². The van der Waals surface area contributed by atoms with Crippen molar-refractivity contribution in [2.24, 2.45) is 0 Å². The number of aryl methyl sites for hydroxylation is 2. The van der Waals surface area contributed by atoms with Crippen LogP contribution in [-0.2, 0) is 4.79 Å². The second-order valence-corrected chi connectivity index (χ2v) is 9.04. The van der Waals surface area contributed by atoms with E-state index in [0.29, 0.717) is 5.11 Å². The number of anilines is 3. The van der Waals surface area contributed by atoms with Crippen molar-refractivity contribution in [1.29, 1.82) is 0 Å². The van der Waals surface area contributed by atoms with Crippen LogP contribution in [0.25, 0.3) is 0 Å². The number of rotatable bonds is 7. The number of nitrogens with one attached hydrogen (secondary N) is 3. The number of hydrogen-bond donors (Lipinski definition) is 3. The zero-order valence-electron chi connectivity index (χ0n) is 17.9. The zero-order valence-corrected chi connectivity index (χ0v) is 19.6. The van der Waals surface area contributed by atoms with E-state index in [1.165, 1.54) is 0 Å². The Hall–Kier alpha value is -2.83. The number of thioether (sulfide) groups is 1. The van der Waals surface area contributed by atoms with E-state index in [9.17, 15) is 4.79 Å². The maximum absolute atomic E-state index is 12.9. The second kappa shape index (κ2) is 11.0. The monoisotopic (exact) mass is 449 g/mol. The third kappa shape index (κ3) is 7.12. The Morgan fingerprint density at radius 2 is 1.48 bits per heavy atom. The van der Waals surface area contributed by atoms with E-state index in [-0.39, 0.29) is 11.2 Å². The number of carbonyl (C=O) groups is 1. The summed E-state index contributed by atoms with van der Waals surface area (Å²) in [6, 6.07) is 23.8. The summed E-state index contributed by atoms with van der Waals surface area (Å²) >= 11 is 6.97. The molecule has 0 radical (unpaired) electrons. The van der Waals surface area contributed by atoms with E-state index in [4.69, 9.17) is 12.2 Å². The molecule has 0 aliphatic heterocycles. The fraction of sp³-hybridized carbons (Fsp3) is 0.200. The molecule has 0 saturated heterocycles. The zero-order chi connectivity index (χ0) is 22.2. The molecule has 0 spiro atoms. The molecule has 1 atom stereocenters. The van der Waals surface area contributed by atoms with Gasteiger partial charge in [0.25, 0.3) is 0 Å². The van der Waals surface area contributed by atoms with Crippen molar-refractivity contribution < 1.29 is 4.79 Å². The van der Waals surface area contributed by atoms with E-state index in [0.717, 1.165) is 39.5 Å². The van der Waals surface area contributed by atoms with E-state index < -0.39 is 0 Å². The van der Waals surface area contributed by atoms with Crippen LogP contribution in [0.5, 0.6) is 0 Å². The topological polar surface area (TPSA) is 53.2 Å². The predicted octanol–water partition coefficient (Wildman–Crippen LogP) is 6.62. The Bertz CT molecular complexity index is 1030. The highest BCUT2D eigenvalue weighted by Crippen LogP contribution is 2.29. The molecule has 0 aliphatic carbocycles. The molecule has 0 fully saturated rings. The van der Waals surface area contributed by atoms with Crippen molar-refractivity contribution in [2.45, 2.75) is 37.3 Å². The quantitative estimate of drug-likeness (QED) is 0.279. The number of hydrogen-bond acceptors (Lipinski definition) is 3. The molecule has 4 nitrogen and oxygen atoms in total. The van der Waals surface area contributed by atoms with Crippen LogP contribution in [0.2, 0.25) is 0 Å². The molecule has 31 heavy (non-hydrogen) atoms. The molecule has 6 heteroatoms. The van der Waals surface area contributed by atoms with Gasteiger partial charge in [-0.2, -0.15) is 0 Å². The lowest BCUT2D eigenvalue weighted by Gasteiger charge is -2.16. The summed E-state index contributed by atoms with van der Waals surface area (Å²) in [6.07, 6.45) is 0.729. The number of benzene rings is 3. The van der Waals surface area contributed by atoms with Crippen LogP contribution >= 0.6 is 24.0 Å². The summed E-state index contributed by atoms with van der Waals surface area (Å²) in [5.41, 5.74) is 4.92. The number of amides is 1. The third-order valence-electron chi connectivity index (χ3n) is 4.55. The Balaban J connectivity index is 1.62. The molecule has 3 aromatic rings. The maximum Gasteiger partial charge on any atom is 0.237 e. The van der Waals surface area contributed by atoms with Gasteiger partial charge in [-0.1, -0.05) is 37.3 Å². The maximum atomic E-state index is 12.9. The fourth-order valence-corrected chi connectivity index (χ4v) is 4.47. The Labute approximate surface area is 193 Å². The standard InChI is InChI=1S/C25H27N3OS2/c1-4-23(24(29)26-21-14-17(2)13-18(3)15-21)31-22-12-8-11-20(16-22)28-25(30)27-19-9-6-5-7-10-19/h5-16,23H,4H2,1-3H3,(H,26,29)(H2,27,28,30). The van der Waals surface area contributed by atoms with Gasteiger partial charge >= 0.3 is 0 Å². The van der Waals surface area contributed by atoms with E-state index in [1.54, 1.807) is 11.8 Å². The smallest absolute Gasteiger partial charge is 0.237 e. The lowest BCUT2D eigenvalue weighted by molar-refractivity contribution is -0.115. The third-order valence-corrected chi connectivity index (χ3v) is 6.12. The largest absolute Gasteiger partial charge is 0.332 e. The predicted molar refractivity (Wildman–Crippen MR) is 137 cm³/mol. The highest BCUT2D eigenvalue weighted by molar-refractivity contribution is 8.00. The summed E-state index contributed by atoms with van der Waals surface area (Å²) in [5.74, 6) is 0.0112. The van der Waals surface area contributed by atoms with Gasteiger partial charge in [0.1, 0.15) is 0 Å². The molecular formula is C25H27N3OS2. The Morgan fingerprint density at radius 3 is 2.16 bits per heavy atom. The molecule has 0 bridgehead atoms. The van der Waals surface area contributed by atoms with Gasteiger partial charge in [0, 0.05) is 22.0 Å². The molecule has 3 N–H and O–H groups in total. The Kier molecular flexibility index (Phi) is 8.09. The first-order valence-electron chi connectivity index (χ1n) is 10.2. The van der Waals surface area contributed by atoms with Crippen molar-refractivity contribution in [1.82, 2.24) is 0 Å². The van der Waals surface area contributed by atoms with Crippen molar-refractivity contribution in [3.63, 3.8) is 0 Å². The van der Waals surface area contributed by atoms with Crippen molar-refractivity contribution in [3.8, 4) is 0 Å². The molecule has 0 aliphatic rings. The summed E-state index contributed by atoms with van der Waals surface area (Å²) in [6.45, 7) is 6.09. The fourth-order valence-electron chi connectivity index (χ4n) is 3.22. The number of thiocarbonyl (C=S) groups is 1. The summed E-state index contributed by atoms with van der Waals surface area (Å²) in [5, 5.41) is 9.77. The van der Waals surface area contributed by atoms with E-state index in [2.05, 4.69) is 22.0 Å². The molecular weight excluding hydrogens is 422 g/mol. The van der Waals surface area contributed by atoms with Crippen LogP contribution < -0.4 is 16.0 Å². The normalized spacial score (nSPS) is 11.5. The molecule has 0 saturated carbocycles. The van der Waals surface area contributed by atoms with Crippen LogP contribution in [0.4, 0.5) is 17.1 Å². The van der Waals surface area contributed by atoms with Crippen LogP contribution in [0.1, 0.15) is 24.5 Å². The number of carbonyl (C=O) groups excluding carboxylic acids is 1. The molecule has 0 aromatic heterocycles. The lowest BCUT2D eigenvalue weighted by Crippen LogP contribution is -2.24. The van der Waals surface area contributed by atoms with Gasteiger partial charge in [0.15, 0.2) is 5.11 Å². The average Bonchev–Trinajstić information content (AvgIpc) is 2.72. The van der Waals surface area contributed by atoms with Gasteiger partial charge in [-0.3, -0.25) is 4.79 Å². The lowest BCUT2D eigenvalue weighted by atomic mass is 10.1. The highest BCUT2D eigenvalue weighted by Gasteiger charge is 2.18.